The summed E-state index contributed by atoms with van der Waals surface area (Å²) in [5.74, 6) is -1.51. The Morgan fingerprint density at radius 1 is 1.11 bits per heavy atom. The Labute approximate surface area is 253 Å². The van der Waals surface area contributed by atoms with E-state index in [1.807, 2.05) is 30.5 Å². The van der Waals surface area contributed by atoms with Gasteiger partial charge in [-0.3, -0.25) is 19.4 Å². The summed E-state index contributed by atoms with van der Waals surface area (Å²) < 4.78 is 60.1. The SMILES string of the molecule is COC1=CC(C)=NC(=O)C1CNC(=O)c1cc2c(-c3ccc(F)cc3)ccn2c(C(C)N2CCN(CC(F)(F)F)CC2)c1C. The fourth-order valence-corrected chi connectivity index (χ4v) is 6.12. The van der Waals surface area contributed by atoms with Crippen molar-refractivity contribution >= 4 is 23.0 Å². The normalized spacial score (nSPS) is 19.1. The third-order valence-electron chi connectivity index (χ3n) is 8.39. The smallest absolute Gasteiger partial charge is 0.401 e. The van der Waals surface area contributed by atoms with Crippen LogP contribution in [0.3, 0.4) is 0 Å². The number of alkyl halides is 3. The number of ether oxygens (including phenoxy) is 1. The molecule has 2 unspecified atom stereocenters. The number of carbonyl (C=O) groups is 2. The summed E-state index contributed by atoms with van der Waals surface area (Å²) in [5.41, 5.74) is 4.71. The lowest BCUT2D eigenvalue weighted by Gasteiger charge is -2.39. The molecule has 1 N–H and O–H groups in total. The molecule has 44 heavy (non-hydrogen) atoms. The number of amides is 2. The number of nitrogens with zero attached hydrogens (tertiary/aromatic N) is 4. The van der Waals surface area contributed by atoms with E-state index in [0.29, 0.717) is 35.7 Å². The zero-order chi connectivity index (χ0) is 31.8. The highest BCUT2D eigenvalue weighted by molar-refractivity contribution is 6.06. The van der Waals surface area contributed by atoms with E-state index >= 15 is 0 Å². The number of hydrogen-bond acceptors (Lipinski definition) is 5. The minimum Gasteiger partial charge on any atom is -0.500 e. The number of fused-ring (bicyclic) bond motifs is 1. The van der Waals surface area contributed by atoms with Crippen LogP contribution in [0.25, 0.3) is 16.6 Å². The van der Waals surface area contributed by atoms with Crippen LogP contribution >= 0.6 is 0 Å². The number of benzene rings is 1. The second-order valence-electron chi connectivity index (χ2n) is 11.3. The Kier molecular flexibility index (Phi) is 8.94. The Balaban J connectivity index is 1.49. The van der Waals surface area contributed by atoms with Crippen LogP contribution in [0, 0.1) is 18.7 Å². The number of halogens is 4. The van der Waals surface area contributed by atoms with E-state index in [4.69, 9.17) is 4.74 Å². The molecule has 3 aromatic rings. The highest BCUT2D eigenvalue weighted by Crippen LogP contribution is 2.34. The topological polar surface area (TPSA) is 78.6 Å². The van der Waals surface area contributed by atoms with Gasteiger partial charge in [0.05, 0.1) is 19.2 Å². The molecule has 5 rings (SSSR count). The maximum atomic E-state index is 13.8. The molecule has 0 bridgehead atoms. The fraction of sp³-hybridized carbons (Fsp3) is 0.406. The zero-order valence-electron chi connectivity index (χ0n) is 25.0. The number of rotatable bonds is 8. The molecule has 1 fully saturated rings. The molecule has 1 saturated heterocycles. The minimum absolute atomic E-state index is 0.0172. The molecule has 12 heteroatoms. The molecule has 2 aliphatic rings. The predicted molar refractivity (Wildman–Crippen MR) is 159 cm³/mol. The molecular formula is C32H35F4N5O3. The standard InChI is InChI=1S/C32H35F4N5O3/c1-19-15-28(44-4)26(31(43)38-19)17-37-30(42)25-16-27-24(22-5-7-23(33)8-6-22)9-10-41(27)29(20(25)2)21(3)40-13-11-39(12-14-40)18-32(34,35)36/h5-10,15-16,21,26H,11-14,17-18H2,1-4H3,(H,37,42). The van der Waals surface area contributed by atoms with Gasteiger partial charge in [-0.25, -0.2) is 9.38 Å². The van der Waals surface area contributed by atoms with Crippen LogP contribution in [-0.4, -0.2) is 84.3 Å². The van der Waals surface area contributed by atoms with Gasteiger partial charge in [0, 0.05) is 67.5 Å². The van der Waals surface area contributed by atoms with E-state index in [9.17, 15) is 27.2 Å². The van der Waals surface area contributed by atoms with Gasteiger partial charge in [0.2, 0.25) is 0 Å². The van der Waals surface area contributed by atoms with E-state index in [2.05, 4.69) is 15.2 Å². The first kappa shape index (κ1) is 31.4. The summed E-state index contributed by atoms with van der Waals surface area (Å²) in [6.45, 7) is 5.95. The molecule has 0 radical (unpaired) electrons. The van der Waals surface area contributed by atoms with Crippen molar-refractivity contribution in [3.05, 3.63) is 77.1 Å². The minimum atomic E-state index is -4.26. The van der Waals surface area contributed by atoms with Gasteiger partial charge in [-0.15, -0.1) is 0 Å². The molecule has 2 atom stereocenters. The van der Waals surface area contributed by atoms with Crippen LogP contribution in [0.5, 0.6) is 0 Å². The zero-order valence-corrected chi connectivity index (χ0v) is 25.0. The molecule has 0 aliphatic carbocycles. The van der Waals surface area contributed by atoms with Crippen LogP contribution in [0.15, 0.2) is 59.4 Å². The van der Waals surface area contributed by atoms with Crippen molar-refractivity contribution in [3.63, 3.8) is 0 Å². The van der Waals surface area contributed by atoms with E-state index in [0.717, 1.165) is 22.3 Å². The van der Waals surface area contributed by atoms with Crippen molar-refractivity contribution in [2.75, 3.05) is 46.4 Å². The molecule has 0 saturated carbocycles. The van der Waals surface area contributed by atoms with Crippen molar-refractivity contribution in [1.29, 1.82) is 0 Å². The second kappa shape index (κ2) is 12.5. The molecule has 8 nitrogen and oxygen atoms in total. The van der Waals surface area contributed by atoms with E-state index in [1.165, 1.54) is 24.1 Å². The number of allylic oxidation sites excluding steroid dienone is 1. The first-order valence-corrected chi connectivity index (χ1v) is 14.4. The van der Waals surface area contributed by atoms with Crippen molar-refractivity contribution in [1.82, 2.24) is 19.5 Å². The van der Waals surface area contributed by atoms with Crippen LogP contribution in [-0.2, 0) is 9.53 Å². The molecule has 2 aromatic heterocycles. The van der Waals surface area contributed by atoms with Gasteiger partial charge in [-0.1, -0.05) is 12.1 Å². The molecular weight excluding hydrogens is 578 g/mol. The summed E-state index contributed by atoms with van der Waals surface area (Å²) in [4.78, 5) is 33.9. The number of aromatic nitrogens is 1. The Bertz CT molecular complexity index is 1620. The molecule has 2 aliphatic heterocycles. The van der Waals surface area contributed by atoms with Crippen molar-refractivity contribution in [3.8, 4) is 11.1 Å². The van der Waals surface area contributed by atoms with Crippen LogP contribution in [0.1, 0.15) is 41.5 Å². The van der Waals surface area contributed by atoms with Gasteiger partial charge >= 0.3 is 6.18 Å². The van der Waals surface area contributed by atoms with Crippen molar-refractivity contribution < 1.29 is 31.9 Å². The average molecular weight is 614 g/mol. The average Bonchev–Trinajstić information content (AvgIpc) is 3.39. The second-order valence-corrected chi connectivity index (χ2v) is 11.3. The van der Waals surface area contributed by atoms with Gasteiger partial charge < -0.3 is 14.5 Å². The van der Waals surface area contributed by atoms with Gasteiger partial charge in [0.15, 0.2) is 0 Å². The third kappa shape index (κ3) is 6.56. The van der Waals surface area contributed by atoms with Gasteiger partial charge in [-0.05, 0) is 62.2 Å². The number of pyridine rings is 1. The van der Waals surface area contributed by atoms with Gasteiger partial charge in [-0.2, -0.15) is 13.2 Å². The summed E-state index contributed by atoms with van der Waals surface area (Å²) in [6, 6.07) is 9.52. The lowest BCUT2D eigenvalue weighted by molar-refractivity contribution is -0.149. The monoisotopic (exact) mass is 613 g/mol. The Morgan fingerprint density at radius 2 is 1.80 bits per heavy atom. The molecule has 1 aromatic carbocycles. The third-order valence-corrected chi connectivity index (χ3v) is 8.39. The largest absolute Gasteiger partial charge is 0.500 e. The number of aliphatic imine (C=N–C) groups is 1. The van der Waals surface area contributed by atoms with E-state index in [-0.39, 0.29) is 31.5 Å². The first-order valence-electron chi connectivity index (χ1n) is 14.4. The highest BCUT2D eigenvalue weighted by Gasteiger charge is 2.34. The van der Waals surface area contributed by atoms with Crippen molar-refractivity contribution in [2.24, 2.45) is 10.9 Å². The highest BCUT2D eigenvalue weighted by atomic mass is 19.4. The number of methoxy groups -OCH3 is 1. The van der Waals surface area contributed by atoms with E-state index < -0.39 is 30.5 Å². The fourth-order valence-electron chi connectivity index (χ4n) is 6.12. The van der Waals surface area contributed by atoms with Crippen LogP contribution in [0.4, 0.5) is 17.6 Å². The molecule has 2 amide bonds. The quantitative estimate of drug-likeness (QED) is 0.355. The number of piperazine rings is 1. The number of nitrogens with one attached hydrogen (secondary N) is 1. The summed E-state index contributed by atoms with van der Waals surface area (Å²) in [7, 11) is 1.46. The predicted octanol–water partition coefficient (Wildman–Crippen LogP) is 5.17. The summed E-state index contributed by atoms with van der Waals surface area (Å²) in [6.07, 6.45) is -0.697. The summed E-state index contributed by atoms with van der Waals surface area (Å²) >= 11 is 0. The number of carbonyl (C=O) groups excluding carboxylic acids is 2. The van der Waals surface area contributed by atoms with Gasteiger partial charge in [0.25, 0.3) is 11.8 Å². The Hall–Kier alpha value is -4.03. The Morgan fingerprint density at radius 3 is 2.43 bits per heavy atom. The first-order chi connectivity index (χ1) is 20.9. The van der Waals surface area contributed by atoms with Crippen molar-refractivity contribution in [2.45, 2.75) is 33.0 Å². The molecule has 4 heterocycles. The van der Waals surface area contributed by atoms with Gasteiger partial charge in [0.1, 0.15) is 17.5 Å². The van der Waals surface area contributed by atoms with E-state index in [1.54, 1.807) is 31.2 Å². The maximum absolute atomic E-state index is 13.8. The number of dihydropyridines is 1. The maximum Gasteiger partial charge on any atom is 0.401 e. The van der Waals surface area contributed by atoms with Crippen LogP contribution < -0.4 is 5.32 Å². The lowest BCUT2D eigenvalue weighted by atomic mass is 9.98. The number of hydrogen-bond donors (Lipinski definition) is 1. The molecule has 0 spiro atoms. The van der Waals surface area contributed by atoms with Crippen LogP contribution in [0.2, 0.25) is 0 Å². The summed E-state index contributed by atoms with van der Waals surface area (Å²) in [5, 5.41) is 2.88. The molecule has 234 valence electrons. The lowest BCUT2D eigenvalue weighted by Crippen LogP contribution is -2.50.